The van der Waals surface area contributed by atoms with Crippen molar-refractivity contribution in [2.24, 2.45) is 5.73 Å². The molecule has 2 N–H and O–H groups in total. The lowest BCUT2D eigenvalue weighted by atomic mass is 10.0. The van der Waals surface area contributed by atoms with Gasteiger partial charge in [-0.05, 0) is 12.5 Å². The number of carbonyl (C=O) groups is 1. The summed E-state index contributed by atoms with van der Waals surface area (Å²) in [5.41, 5.74) is 6.40. The molecule has 1 aromatic heterocycles. The number of hydrogen-bond acceptors (Lipinski definition) is 3. The predicted molar refractivity (Wildman–Crippen MR) is 46.3 cm³/mol. The van der Waals surface area contributed by atoms with Gasteiger partial charge in [0.25, 0.3) is 0 Å². The van der Waals surface area contributed by atoms with E-state index in [1.165, 1.54) is 6.20 Å². The summed E-state index contributed by atoms with van der Waals surface area (Å²) in [5.74, 6) is 0.0583. The molecule has 67 valence electrons. The van der Waals surface area contributed by atoms with E-state index in [0.717, 1.165) is 12.0 Å². The lowest BCUT2D eigenvalue weighted by Crippen LogP contribution is -2.17. The van der Waals surface area contributed by atoms with Gasteiger partial charge in [0.15, 0.2) is 0 Å². The molecule has 13 heavy (non-hydrogen) atoms. The van der Waals surface area contributed by atoms with E-state index in [9.17, 15) is 4.79 Å². The third kappa shape index (κ3) is 1.35. The van der Waals surface area contributed by atoms with Gasteiger partial charge in [-0.1, -0.05) is 0 Å². The highest BCUT2D eigenvalue weighted by Gasteiger charge is 2.17. The molecule has 0 atom stereocenters. The Balaban J connectivity index is 2.52. The first-order chi connectivity index (χ1) is 6.29. The van der Waals surface area contributed by atoms with Crippen LogP contribution in [0.5, 0.6) is 5.88 Å². The summed E-state index contributed by atoms with van der Waals surface area (Å²) in [6, 6.07) is 1.60. The number of pyridine rings is 1. The van der Waals surface area contributed by atoms with E-state index in [1.807, 2.05) is 6.42 Å². The first-order valence-corrected chi connectivity index (χ1v) is 4.04. The highest BCUT2D eigenvalue weighted by molar-refractivity contribution is 5.95. The van der Waals surface area contributed by atoms with Gasteiger partial charge in [-0.15, -0.1) is 0 Å². The molecular formula is C9H9N2O2. The second-order valence-electron chi connectivity index (χ2n) is 2.78. The summed E-state index contributed by atoms with van der Waals surface area (Å²) in [7, 11) is 0. The average molecular weight is 177 g/mol. The number of nitrogens with two attached hydrogens (primary N) is 1. The molecule has 1 aliphatic heterocycles. The summed E-state index contributed by atoms with van der Waals surface area (Å²) in [6.45, 7) is 0.613. The van der Waals surface area contributed by atoms with Crippen LogP contribution >= 0.6 is 0 Å². The first-order valence-electron chi connectivity index (χ1n) is 4.04. The van der Waals surface area contributed by atoms with Crippen LogP contribution in [0.2, 0.25) is 0 Å². The van der Waals surface area contributed by atoms with Gasteiger partial charge in [0.1, 0.15) is 0 Å². The zero-order valence-corrected chi connectivity index (χ0v) is 6.99. The fourth-order valence-electron chi connectivity index (χ4n) is 1.34. The molecule has 0 saturated carbocycles. The minimum absolute atomic E-state index is 0.444. The molecule has 4 nitrogen and oxygen atoms in total. The van der Waals surface area contributed by atoms with Crippen molar-refractivity contribution < 1.29 is 9.53 Å². The van der Waals surface area contributed by atoms with E-state index >= 15 is 0 Å². The molecule has 2 rings (SSSR count). The van der Waals surface area contributed by atoms with Crippen molar-refractivity contribution in [3.63, 3.8) is 0 Å². The Kier molecular flexibility index (Phi) is 1.88. The lowest BCUT2D eigenvalue weighted by Gasteiger charge is -2.16. The van der Waals surface area contributed by atoms with Crippen molar-refractivity contribution in [2.45, 2.75) is 6.42 Å². The fraction of sp³-hybridized carbons (Fsp3) is 0.222. The quantitative estimate of drug-likeness (QED) is 0.679. The van der Waals surface area contributed by atoms with Crippen LogP contribution in [-0.2, 0) is 0 Å². The van der Waals surface area contributed by atoms with Gasteiger partial charge in [-0.25, -0.2) is 4.98 Å². The van der Waals surface area contributed by atoms with E-state index in [1.54, 1.807) is 6.07 Å². The van der Waals surface area contributed by atoms with Crippen LogP contribution in [0, 0.1) is 6.42 Å². The maximum absolute atomic E-state index is 11.0. The van der Waals surface area contributed by atoms with Gasteiger partial charge in [0, 0.05) is 23.7 Å². The molecule has 0 aliphatic carbocycles. The average Bonchev–Trinajstić information content (AvgIpc) is 2.17. The number of ether oxygens (including phenoxy) is 1. The summed E-state index contributed by atoms with van der Waals surface area (Å²) >= 11 is 0. The van der Waals surface area contributed by atoms with E-state index < -0.39 is 5.91 Å². The molecule has 0 saturated heterocycles. The molecular weight excluding hydrogens is 168 g/mol. The number of amides is 1. The topological polar surface area (TPSA) is 65.2 Å². The Labute approximate surface area is 75.7 Å². The number of carbonyl (C=O) groups excluding carboxylic acids is 1. The molecule has 0 aromatic carbocycles. The molecule has 0 bridgehead atoms. The Hall–Kier alpha value is -1.58. The summed E-state index contributed by atoms with van der Waals surface area (Å²) < 4.78 is 5.26. The van der Waals surface area contributed by atoms with Gasteiger partial charge in [0.05, 0.1) is 6.61 Å². The number of primary amides is 1. The molecule has 0 unspecified atom stereocenters. The van der Waals surface area contributed by atoms with Crippen LogP contribution in [0.4, 0.5) is 0 Å². The first kappa shape index (κ1) is 8.04. The molecule has 0 spiro atoms. The Morgan fingerprint density at radius 3 is 3.23 bits per heavy atom. The highest BCUT2D eigenvalue weighted by Crippen LogP contribution is 2.25. The third-order valence-electron chi connectivity index (χ3n) is 1.92. The highest BCUT2D eigenvalue weighted by atomic mass is 16.5. The third-order valence-corrected chi connectivity index (χ3v) is 1.92. The van der Waals surface area contributed by atoms with Crippen molar-refractivity contribution in [2.75, 3.05) is 6.61 Å². The smallest absolute Gasteiger partial charge is 0.249 e. The van der Waals surface area contributed by atoms with E-state index in [-0.39, 0.29) is 0 Å². The standard InChI is InChI=1S/C9H9N2O2/c10-8(12)6-3-4-11-9-7(6)2-1-5-13-9/h2-4H,1,5H2,(H2,10,12). The zero-order valence-electron chi connectivity index (χ0n) is 6.99. The number of nitrogens with zero attached hydrogens (tertiary/aromatic N) is 1. The monoisotopic (exact) mass is 177 g/mol. The molecule has 1 radical (unpaired) electrons. The SMILES string of the molecule is NC(=O)c1ccnc2c1[CH]CCO2. The van der Waals surface area contributed by atoms with E-state index in [4.69, 9.17) is 10.5 Å². The second-order valence-corrected chi connectivity index (χ2v) is 2.78. The summed E-state index contributed by atoms with van der Waals surface area (Å²) in [6.07, 6.45) is 4.24. The van der Waals surface area contributed by atoms with Crippen LogP contribution in [0.25, 0.3) is 0 Å². The molecule has 1 aliphatic rings. The van der Waals surface area contributed by atoms with E-state index in [2.05, 4.69) is 4.98 Å². The van der Waals surface area contributed by atoms with Gasteiger partial charge in [-0.3, -0.25) is 4.79 Å². The predicted octanol–water partition coefficient (Wildman–Crippen LogP) is 0.515. The van der Waals surface area contributed by atoms with Crippen LogP contribution < -0.4 is 10.5 Å². The van der Waals surface area contributed by atoms with Gasteiger partial charge >= 0.3 is 0 Å². The minimum atomic E-state index is -0.444. The van der Waals surface area contributed by atoms with Gasteiger partial charge in [0.2, 0.25) is 11.8 Å². The van der Waals surface area contributed by atoms with E-state index in [0.29, 0.717) is 18.1 Å². The van der Waals surface area contributed by atoms with Crippen molar-refractivity contribution in [3.8, 4) is 5.88 Å². The fourth-order valence-corrected chi connectivity index (χ4v) is 1.34. The normalized spacial score (nSPS) is 14.5. The number of hydrogen-bond donors (Lipinski definition) is 1. The van der Waals surface area contributed by atoms with Crippen LogP contribution in [0.15, 0.2) is 12.3 Å². The van der Waals surface area contributed by atoms with Gasteiger partial charge < -0.3 is 10.5 Å². The lowest BCUT2D eigenvalue weighted by molar-refractivity contribution is 0.0998. The Morgan fingerprint density at radius 2 is 2.46 bits per heavy atom. The largest absolute Gasteiger partial charge is 0.477 e. The van der Waals surface area contributed by atoms with Crippen LogP contribution in [-0.4, -0.2) is 17.5 Å². The Bertz CT molecular complexity index is 349. The van der Waals surface area contributed by atoms with Crippen molar-refractivity contribution in [1.82, 2.24) is 4.98 Å². The summed E-state index contributed by atoms with van der Waals surface area (Å²) in [4.78, 5) is 15.0. The molecule has 1 aromatic rings. The van der Waals surface area contributed by atoms with Crippen LogP contribution in [0.3, 0.4) is 0 Å². The zero-order chi connectivity index (χ0) is 9.26. The second kappa shape index (κ2) is 3.05. The molecule has 4 heteroatoms. The molecule has 2 heterocycles. The maximum Gasteiger partial charge on any atom is 0.249 e. The van der Waals surface area contributed by atoms with Gasteiger partial charge in [-0.2, -0.15) is 0 Å². The molecule has 1 amide bonds. The van der Waals surface area contributed by atoms with Crippen molar-refractivity contribution >= 4 is 5.91 Å². The van der Waals surface area contributed by atoms with Crippen LogP contribution in [0.1, 0.15) is 22.3 Å². The number of fused-ring (bicyclic) bond motifs is 1. The molecule has 0 fully saturated rings. The maximum atomic E-state index is 11.0. The Morgan fingerprint density at radius 1 is 1.62 bits per heavy atom. The van der Waals surface area contributed by atoms with Crippen molar-refractivity contribution in [3.05, 3.63) is 29.8 Å². The van der Waals surface area contributed by atoms with Crippen molar-refractivity contribution in [1.29, 1.82) is 0 Å². The minimum Gasteiger partial charge on any atom is -0.477 e. The number of rotatable bonds is 1. The number of aromatic nitrogens is 1. The summed E-state index contributed by atoms with van der Waals surface area (Å²) in [5, 5.41) is 0.